The molecule has 0 aromatic carbocycles. The molecule has 1 heteroatoms. The molecule has 0 bridgehead atoms. The first-order valence-electron chi connectivity index (χ1n) is 1.54. The van der Waals surface area contributed by atoms with Crippen LogP contribution < -0.4 is 0 Å². The molecular weight excluding hydrogens is 64.0 g/mol. The molecule has 0 aromatic heterocycles. The van der Waals surface area contributed by atoms with Crippen LogP contribution in [0.4, 0.5) is 0 Å². The van der Waals surface area contributed by atoms with Gasteiger partial charge in [0.25, 0.3) is 0 Å². The van der Waals surface area contributed by atoms with Crippen LogP contribution in [0.1, 0.15) is 0 Å². The predicted octanol–water partition coefficient (Wildman–Crippen LogP) is 0.263. The smallest absolute Gasteiger partial charge is 0.0459 e. The zero-order valence-corrected chi connectivity index (χ0v) is 3.15. The molecule has 0 aromatic rings. The molecule has 2 radical (unpaired) electrons. The van der Waals surface area contributed by atoms with Crippen LogP contribution in [0.5, 0.6) is 0 Å². The van der Waals surface area contributed by atoms with Crippen molar-refractivity contribution < 1.29 is 5.11 Å². The zero-order valence-electron chi connectivity index (χ0n) is 3.15. The molecule has 0 aliphatic rings. The first-order chi connectivity index (χ1) is 2.27. The second kappa shape index (κ2) is 2.21. The van der Waals surface area contributed by atoms with Gasteiger partial charge in [-0.2, -0.15) is 0 Å². The summed E-state index contributed by atoms with van der Waals surface area (Å²) >= 11 is 0. The third kappa shape index (κ3) is 3.96. The van der Waals surface area contributed by atoms with Crippen molar-refractivity contribution in [2.75, 3.05) is 6.61 Å². The highest BCUT2D eigenvalue weighted by molar-refractivity contribution is 4.58. The van der Waals surface area contributed by atoms with E-state index < -0.39 is 0 Å². The minimum atomic E-state index is -0.0602. The molecule has 0 heterocycles. The van der Waals surface area contributed by atoms with Crippen molar-refractivity contribution in [1.82, 2.24) is 0 Å². The Hall–Kier alpha value is -0.0400. The minimum Gasteiger partial charge on any atom is -0.396 e. The Balaban J connectivity index is 2.54. The van der Waals surface area contributed by atoms with Gasteiger partial charge in [0.05, 0.1) is 0 Å². The highest BCUT2D eigenvalue weighted by Gasteiger charge is 1.82. The Bertz CT molecular complexity index is 17.6. The van der Waals surface area contributed by atoms with E-state index >= 15 is 0 Å². The fourth-order valence-electron chi connectivity index (χ4n) is 0. The van der Waals surface area contributed by atoms with Gasteiger partial charge >= 0.3 is 0 Å². The molecular formula is C4H8O. The maximum absolute atomic E-state index is 8.02. The quantitative estimate of drug-likeness (QED) is 0.471. The summed E-state index contributed by atoms with van der Waals surface area (Å²) in [6.07, 6.45) is 0. The molecule has 0 amide bonds. The Labute approximate surface area is 32.6 Å². The van der Waals surface area contributed by atoms with Gasteiger partial charge < -0.3 is 5.11 Å². The van der Waals surface area contributed by atoms with Crippen molar-refractivity contribution in [3.05, 3.63) is 13.8 Å². The summed E-state index contributed by atoms with van der Waals surface area (Å²) in [4.78, 5) is 0. The lowest BCUT2D eigenvalue weighted by Crippen LogP contribution is -1.91. The van der Waals surface area contributed by atoms with Gasteiger partial charge in [-0.3, -0.25) is 0 Å². The molecule has 1 N–H and O–H groups in total. The van der Waals surface area contributed by atoms with Crippen LogP contribution in [0.15, 0.2) is 0 Å². The summed E-state index contributed by atoms with van der Waals surface area (Å²) in [6.45, 7) is 6.88. The molecule has 30 valence electrons. The molecule has 0 atom stereocenters. The number of hydrogen-bond acceptors (Lipinski definition) is 1. The van der Waals surface area contributed by atoms with Crippen molar-refractivity contribution in [2.45, 2.75) is 0 Å². The van der Waals surface area contributed by atoms with E-state index in [1.54, 1.807) is 0 Å². The highest BCUT2D eigenvalue weighted by atomic mass is 16.3. The molecule has 0 unspecified atom stereocenters. The van der Waals surface area contributed by atoms with Gasteiger partial charge in [0, 0.05) is 6.61 Å². The lowest BCUT2D eigenvalue weighted by atomic mass is 10.2. The van der Waals surface area contributed by atoms with E-state index in [-0.39, 0.29) is 12.5 Å². The van der Waals surface area contributed by atoms with Gasteiger partial charge in [-0.15, -0.1) is 0 Å². The molecule has 1 nitrogen and oxygen atoms in total. The molecule has 0 rings (SSSR count). The van der Waals surface area contributed by atoms with E-state index in [0.717, 1.165) is 0 Å². The molecule has 5 heavy (non-hydrogen) atoms. The van der Waals surface area contributed by atoms with E-state index in [9.17, 15) is 0 Å². The number of aliphatic hydroxyl groups excluding tert-OH is 1. The number of hydrogen-bond donors (Lipinski definition) is 1. The van der Waals surface area contributed by atoms with Crippen molar-refractivity contribution in [1.29, 1.82) is 0 Å². The Morgan fingerprint density at radius 2 is 1.80 bits per heavy atom. The van der Waals surface area contributed by atoms with Crippen LogP contribution in [0.2, 0.25) is 0 Å². The van der Waals surface area contributed by atoms with Crippen LogP contribution in [0, 0.1) is 19.8 Å². The highest BCUT2D eigenvalue weighted by Crippen LogP contribution is 1.81. The van der Waals surface area contributed by atoms with Gasteiger partial charge in [-0.25, -0.2) is 0 Å². The maximum Gasteiger partial charge on any atom is 0.0459 e. The van der Waals surface area contributed by atoms with Crippen LogP contribution in [0.3, 0.4) is 0 Å². The Kier molecular flexibility index (Phi) is 2.19. The van der Waals surface area contributed by atoms with E-state index in [4.69, 9.17) is 5.11 Å². The van der Waals surface area contributed by atoms with Crippen molar-refractivity contribution in [3.8, 4) is 0 Å². The summed E-state index contributed by atoms with van der Waals surface area (Å²) in [6, 6.07) is 0. The van der Waals surface area contributed by atoms with Crippen molar-refractivity contribution in [3.63, 3.8) is 0 Å². The number of aliphatic hydroxyl groups is 1. The minimum absolute atomic E-state index is 0.0602. The van der Waals surface area contributed by atoms with E-state index in [2.05, 4.69) is 13.8 Å². The lowest BCUT2D eigenvalue weighted by Gasteiger charge is -1.89. The van der Waals surface area contributed by atoms with E-state index in [0.29, 0.717) is 0 Å². The lowest BCUT2D eigenvalue weighted by molar-refractivity contribution is 0.272. The average molecular weight is 72.1 g/mol. The normalized spacial score (nSPS) is 9.60. The fourth-order valence-corrected chi connectivity index (χ4v) is 0. The summed E-state index contributed by atoms with van der Waals surface area (Å²) < 4.78 is 0. The molecule has 0 saturated carbocycles. The first kappa shape index (κ1) is 4.96. The topological polar surface area (TPSA) is 20.2 Å². The predicted molar refractivity (Wildman–Crippen MR) is 21.3 cm³/mol. The van der Waals surface area contributed by atoms with Crippen molar-refractivity contribution >= 4 is 0 Å². The monoisotopic (exact) mass is 72.1 g/mol. The largest absolute Gasteiger partial charge is 0.396 e. The molecule has 0 fully saturated rings. The van der Waals surface area contributed by atoms with Crippen LogP contribution >= 0.6 is 0 Å². The molecule has 0 spiro atoms. The second-order valence-electron chi connectivity index (χ2n) is 1.05. The zero-order chi connectivity index (χ0) is 4.28. The molecule has 0 aliphatic carbocycles. The van der Waals surface area contributed by atoms with Crippen LogP contribution in [-0.4, -0.2) is 11.7 Å². The standard InChI is InChI=1S/C4H8O/c1-4(2)3-5/h4-5H,1-3H2. The summed E-state index contributed by atoms with van der Waals surface area (Å²) in [7, 11) is 0. The van der Waals surface area contributed by atoms with Crippen LogP contribution in [0.25, 0.3) is 0 Å². The second-order valence-corrected chi connectivity index (χ2v) is 1.05. The SMILES string of the molecule is [CH2]C([CH2])CO. The fraction of sp³-hybridized carbons (Fsp3) is 0.500. The first-order valence-corrected chi connectivity index (χ1v) is 1.54. The van der Waals surface area contributed by atoms with Gasteiger partial charge in [-0.1, -0.05) is 0 Å². The Morgan fingerprint density at radius 1 is 1.60 bits per heavy atom. The van der Waals surface area contributed by atoms with E-state index in [1.165, 1.54) is 0 Å². The molecule has 0 aliphatic heterocycles. The Morgan fingerprint density at radius 3 is 1.80 bits per heavy atom. The number of rotatable bonds is 1. The maximum atomic E-state index is 8.02. The van der Waals surface area contributed by atoms with E-state index in [1.807, 2.05) is 0 Å². The summed E-state index contributed by atoms with van der Waals surface area (Å²) in [5.41, 5.74) is 0. The third-order valence-electron chi connectivity index (χ3n) is 0.258. The van der Waals surface area contributed by atoms with Gasteiger partial charge in [0.1, 0.15) is 0 Å². The third-order valence-corrected chi connectivity index (χ3v) is 0.258. The average Bonchev–Trinajstić information content (AvgIpc) is 1.38. The van der Waals surface area contributed by atoms with Gasteiger partial charge in [0.2, 0.25) is 0 Å². The summed E-state index contributed by atoms with van der Waals surface area (Å²) in [5, 5.41) is 8.02. The molecule has 0 saturated heterocycles. The van der Waals surface area contributed by atoms with Crippen LogP contribution in [-0.2, 0) is 0 Å². The van der Waals surface area contributed by atoms with Gasteiger partial charge in [-0.05, 0) is 19.8 Å². The van der Waals surface area contributed by atoms with Gasteiger partial charge in [0.15, 0.2) is 0 Å². The van der Waals surface area contributed by atoms with Crippen molar-refractivity contribution in [2.24, 2.45) is 5.92 Å². The summed E-state index contributed by atoms with van der Waals surface area (Å²) in [5.74, 6) is -0.0602.